The van der Waals surface area contributed by atoms with Crippen LogP contribution in [0.4, 0.5) is 0 Å². The third-order valence-corrected chi connectivity index (χ3v) is 6.66. The largest absolute Gasteiger partial charge is 0.306 e. The summed E-state index contributed by atoms with van der Waals surface area (Å²) in [7, 11) is 0. The molecule has 0 radical (unpaired) electrons. The van der Waals surface area contributed by atoms with Gasteiger partial charge in [0, 0.05) is 17.5 Å². The highest BCUT2D eigenvalue weighted by Gasteiger charge is 2.50. The van der Waals surface area contributed by atoms with Gasteiger partial charge in [-0.3, -0.25) is 4.98 Å². The Kier molecular flexibility index (Phi) is 3.06. The molecular weight excluding hydrogens is 280 g/mol. The van der Waals surface area contributed by atoms with Gasteiger partial charge in [0.1, 0.15) is 0 Å². The topological polar surface area (TPSA) is 24.9 Å². The monoisotopic (exact) mass is 306 g/mol. The lowest BCUT2D eigenvalue weighted by atomic mass is 9.53. The van der Waals surface area contributed by atoms with Crippen molar-refractivity contribution in [1.82, 2.24) is 10.3 Å². The first-order valence-electron chi connectivity index (χ1n) is 9.29. The van der Waals surface area contributed by atoms with Crippen LogP contribution in [0.5, 0.6) is 0 Å². The van der Waals surface area contributed by atoms with Crippen LogP contribution in [-0.4, -0.2) is 10.5 Å². The first kappa shape index (κ1) is 14.0. The number of hydrogen-bond donors (Lipinski definition) is 1. The number of hydrogen-bond acceptors (Lipinski definition) is 2. The molecule has 4 fully saturated rings. The molecule has 4 saturated carbocycles. The molecule has 0 unspecified atom stereocenters. The van der Waals surface area contributed by atoms with E-state index in [1.807, 2.05) is 0 Å². The van der Waals surface area contributed by atoms with Gasteiger partial charge in [0.15, 0.2) is 0 Å². The van der Waals surface area contributed by atoms with Crippen LogP contribution < -0.4 is 5.32 Å². The summed E-state index contributed by atoms with van der Waals surface area (Å²) in [6.45, 7) is 3.09. The van der Waals surface area contributed by atoms with E-state index >= 15 is 0 Å². The van der Waals surface area contributed by atoms with E-state index in [2.05, 4.69) is 42.6 Å². The smallest absolute Gasteiger partial charge is 0.0735 e. The van der Waals surface area contributed by atoms with Gasteiger partial charge in [-0.1, -0.05) is 24.3 Å². The number of aryl methyl sites for hydroxylation is 1. The van der Waals surface area contributed by atoms with Crippen LogP contribution in [0.1, 0.15) is 49.8 Å². The van der Waals surface area contributed by atoms with Gasteiger partial charge in [-0.05, 0) is 74.8 Å². The van der Waals surface area contributed by atoms with Crippen molar-refractivity contribution in [2.45, 2.75) is 57.5 Å². The SMILES string of the molecule is Cc1cccc2ccc(CNC34CC5CC(CC(C5)C3)C4)nc12. The molecule has 23 heavy (non-hydrogen) atoms. The van der Waals surface area contributed by atoms with E-state index in [4.69, 9.17) is 4.98 Å². The van der Waals surface area contributed by atoms with E-state index in [1.165, 1.54) is 55.2 Å². The van der Waals surface area contributed by atoms with E-state index in [1.54, 1.807) is 0 Å². The Bertz CT molecular complexity index is 713. The van der Waals surface area contributed by atoms with Crippen LogP contribution in [0.15, 0.2) is 30.3 Å². The van der Waals surface area contributed by atoms with Crippen molar-refractivity contribution in [3.8, 4) is 0 Å². The Morgan fingerprint density at radius 1 is 1.00 bits per heavy atom. The zero-order chi connectivity index (χ0) is 15.4. The first-order chi connectivity index (χ1) is 11.2. The van der Waals surface area contributed by atoms with E-state index in [0.29, 0.717) is 5.54 Å². The molecule has 1 aromatic carbocycles. The maximum atomic E-state index is 4.93. The number of aromatic nitrogens is 1. The van der Waals surface area contributed by atoms with Gasteiger partial charge in [-0.15, -0.1) is 0 Å². The fourth-order valence-corrected chi connectivity index (χ4v) is 6.04. The molecule has 0 amide bonds. The molecule has 1 heterocycles. The van der Waals surface area contributed by atoms with Gasteiger partial charge in [0.25, 0.3) is 0 Å². The summed E-state index contributed by atoms with van der Waals surface area (Å²) in [6, 6.07) is 10.9. The quantitative estimate of drug-likeness (QED) is 0.896. The number of benzene rings is 1. The predicted molar refractivity (Wildman–Crippen MR) is 94.2 cm³/mol. The minimum absolute atomic E-state index is 0.428. The highest BCUT2D eigenvalue weighted by molar-refractivity contribution is 5.81. The Labute approximate surface area is 138 Å². The number of nitrogens with zero attached hydrogens (tertiary/aromatic N) is 1. The van der Waals surface area contributed by atoms with Crippen LogP contribution in [-0.2, 0) is 6.54 Å². The van der Waals surface area contributed by atoms with Crippen molar-refractivity contribution in [3.63, 3.8) is 0 Å². The molecule has 0 aliphatic heterocycles. The third kappa shape index (κ3) is 2.39. The molecule has 2 heteroatoms. The Morgan fingerprint density at radius 3 is 2.39 bits per heavy atom. The normalized spacial score (nSPS) is 35.1. The van der Waals surface area contributed by atoms with Crippen LogP contribution in [0.25, 0.3) is 10.9 Å². The standard InChI is InChI=1S/C21H26N2/c1-14-3-2-4-18-5-6-19(23-20(14)18)13-22-21-10-15-7-16(11-21)9-17(8-15)12-21/h2-6,15-17,22H,7-13H2,1H3. The molecule has 2 aromatic rings. The Morgan fingerprint density at radius 2 is 1.70 bits per heavy atom. The Hall–Kier alpha value is -1.41. The predicted octanol–water partition coefficient (Wildman–Crippen LogP) is 4.60. The average molecular weight is 306 g/mol. The second-order valence-electron chi connectivity index (χ2n) is 8.50. The number of nitrogens with one attached hydrogen (secondary N) is 1. The molecule has 120 valence electrons. The lowest BCUT2D eigenvalue weighted by Gasteiger charge is -2.57. The summed E-state index contributed by atoms with van der Waals surface area (Å²) in [5.74, 6) is 3.00. The molecule has 0 atom stereocenters. The fourth-order valence-electron chi connectivity index (χ4n) is 6.04. The van der Waals surface area contributed by atoms with Gasteiger partial charge in [-0.2, -0.15) is 0 Å². The Balaban J connectivity index is 1.37. The van der Waals surface area contributed by atoms with Crippen molar-refractivity contribution < 1.29 is 0 Å². The second kappa shape index (κ2) is 5.04. The first-order valence-corrected chi connectivity index (χ1v) is 9.29. The molecule has 1 N–H and O–H groups in total. The van der Waals surface area contributed by atoms with Gasteiger partial charge >= 0.3 is 0 Å². The second-order valence-corrected chi connectivity index (χ2v) is 8.50. The number of pyridine rings is 1. The minimum Gasteiger partial charge on any atom is -0.306 e. The molecule has 2 nitrogen and oxygen atoms in total. The molecular formula is C21H26N2. The highest BCUT2D eigenvalue weighted by atomic mass is 15.0. The van der Waals surface area contributed by atoms with E-state index in [9.17, 15) is 0 Å². The summed E-state index contributed by atoms with van der Waals surface area (Å²) in [5, 5.41) is 5.22. The summed E-state index contributed by atoms with van der Waals surface area (Å²) >= 11 is 0. The summed E-state index contributed by atoms with van der Waals surface area (Å²) in [4.78, 5) is 4.93. The average Bonchev–Trinajstić information content (AvgIpc) is 2.52. The molecule has 4 aliphatic rings. The van der Waals surface area contributed by atoms with Gasteiger partial charge in [0.2, 0.25) is 0 Å². The zero-order valence-corrected chi connectivity index (χ0v) is 14.0. The van der Waals surface area contributed by atoms with Crippen molar-refractivity contribution in [2.24, 2.45) is 17.8 Å². The number of para-hydroxylation sites is 1. The highest BCUT2D eigenvalue weighted by Crippen LogP contribution is 2.55. The van der Waals surface area contributed by atoms with E-state index in [-0.39, 0.29) is 0 Å². The fraction of sp³-hybridized carbons (Fsp3) is 0.571. The third-order valence-electron chi connectivity index (χ3n) is 6.66. The maximum Gasteiger partial charge on any atom is 0.0735 e. The molecule has 4 bridgehead atoms. The van der Waals surface area contributed by atoms with Crippen LogP contribution >= 0.6 is 0 Å². The van der Waals surface area contributed by atoms with Crippen LogP contribution in [0, 0.1) is 24.7 Å². The summed E-state index contributed by atoms with van der Waals surface area (Å²) < 4.78 is 0. The van der Waals surface area contributed by atoms with Crippen molar-refractivity contribution in [1.29, 1.82) is 0 Å². The van der Waals surface area contributed by atoms with Gasteiger partial charge in [0.05, 0.1) is 11.2 Å². The lowest BCUT2D eigenvalue weighted by molar-refractivity contribution is -0.0207. The molecule has 0 spiro atoms. The molecule has 6 rings (SSSR count). The van der Waals surface area contributed by atoms with Crippen LogP contribution in [0.2, 0.25) is 0 Å². The van der Waals surface area contributed by atoms with E-state index < -0.39 is 0 Å². The van der Waals surface area contributed by atoms with Crippen LogP contribution in [0.3, 0.4) is 0 Å². The summed E-state index contributed by atoms with van der Waals surface area (Å²) in [6.07, 6.45) is 8.75. The van der Waals surface area contributed by atoms with Crippen molar-refractivity contribution in [3.05, 3.63) is 41.6 Å². The van der Waals surface area contributed by atoms with E-state index in [0.717, 1.165) is 29.8 Å². The zero-order valence-electron chi connectivity index (χ0n) is 14.0. The van der Waals surface area contributed by atoms with Gasteiger partial charge < -0.3 is 5.32 Å². The number of rotatable bonds is 3. The number of fused-ring (bicyclic) bond motifs is 1. The van der Waals surface area contributed by atoms with Crippen molar-refractivity contribution >= 4 is 10.9 Å². The van der Waals surface area contributed by atoms with Gasteiger partial charge in [-0.25, -0.2) is 0 Å². The molecule has 4 aliphatic carbocycles. The maximum absolute atomic E-state index is 4.93. The molecule has 1 aromatic heterocycles. The molecule has 0 saturated heterocycles. The lowest BCUT2D eigenvalue weighted by Crippen LogP contribution is -2.58. The van der Waals surface area contributed by atoms with Crippen molar-refractivity contribution in [2.75, 3.05) is 0 Å². The minimum atomic E-state index is 0.428. The summed E-state index contributed by atoms with van der Waals surface area (Å²) in [5.41, 5.74) is 4.07.